The summed E-state index contributed by atoms with van der Waals surface area (Å²) in [4.78, 5) is 30.1. The van der Waals surface area contributed by atoms with Gasteiger partial charge in [0.25, 0.3) is 0 Å². The average Bonchev–Trinajstić information content (AvgIpc) is 2.42. The third kappa shape index (κ3) is 2.37. The maximum Gasteiger partial charge on any atom is 0.232 e. The molecule has 2 aliphatic rings. The van der Waals surface area contributed by atoms with Crippen molar-refractivity contribution < 1.29 is 9.59 Å². The van der Waals surface area contributed by atoms with Crippen LogP contribution in [0.1, 0.15) is 31.4 Å². The number of nitrogens with zero attached hydrogens (tertiary/aromatic N) is 2. The van der Waals surface area contributed by atoms with Crippen LogP contribution in [0.3, 0.4) is 0 Å². The molecule has 5 heteroatoms. The maximum atomic E-state index is 12.3. The van der Waals surface area contributed by atoms with Crippen molar-refractivity contribution >= 4 is 23.4 Å². The number of carbonyl (C=O) groups is 2. The van der Waals surface area contributed by atoms with E-state index in [2.05, 4.69) is 4.98 Å². The molecule has 19 heavy (non-hydrogen) atoms. The van der Waals surface area contributed by atoms with Crippen LogP contribution in [-0.2, 0) is 16.1 Å². The van der Waals surface area contributed by atoms with Gasteiger partial charge in [0, 0.05) is 11.8 Å². The van der Waals surface area contributed by atoms with Crippen LogP contribution < -0.4 is 0 Å². The van der Waals surface area contributed by atoms with Crippen LogP contribution >= 0.6 is 11.6 Å². The fourth-order valence-corrected chi connectivity index (χ4v) is 3.23. The minimum atomic E-state index is -0.0391. The molecule has 1 saturated carbocycles. The molecule has 2 heterocycles. The van der Waals surface area contributed by atoms with Crippen molar-refractivity contribution in [2.24, 2.45) is 11.8 Å². The van der Waals surface area contributed by atoms with E-state index in [1.54, 1.807) is 18.2 Å². The van der Waals surface area contributed by atoms with E-state index in [0.717, 1.165) is 25.7 Å². The van der Waals surface area contributed by atoms with Crippen molar-refractivity contribution in [3.05, 3.63) is 29.0 Å². The zero-order chi connectivity index (χ0) is 13.4. The molecular weight excluding hydrogens is 264 g/mol. The highest BCUT2D eigenvalue weighted by Gasteiger charge is 2.42. The van der Waals surface area contributed by atoms with Gasteiger partial charge in [-0.25, -0.2) is 4.98 Å². The first-order valence-electron chi connectivity index (χ1n) is 6.62. The van der Waals surface area contributed by atoms with Gasteiger partial charge in [-0.05, 0) is 31.4 Å². The fourth-order valence-electron chi connectivity index (χ4n) is 3.04. The van der Waals surface area contributed by atoms with Gasteiger partial charge in [0.1, 0.15) is 5.15 Å². The van der Waals surface area contributed by atoms with E-state index >= 15 is 0 Å². The highest BCUT2D eigenvalue weighted by atomic mass is 35.5. The summed E-state index contributed by atoms with van der Waals surface area (Å²) in [6, 6.07) is 5.25. The van der Waals surface area contributed by atoms with Crippen LogP contribution in [0.15, 0.2) is 18.2 Å². The first-order chi connectivity index (χ1) is 9.15. The van der Waals surface area contributed by atoms with Crippen LogP contribution in [0.5, 0.6) is 0 Å². The van der Waals surface area contributed by atoms with Gasteiger partial charge < -0.3 is 0 Å². The first kappa shape index (κ1) is 12.6. The molecule has 2 bridgehead atoms. The smallest absolute Gasteiger partial charge is 0.232 e. The lowest BCUT2D eigenvalue weighted by molar-refractivity contribution is -0.158. The molecule has 2 atom stereocenters. The second kappa shape index (κ2) is 4.93. The molecule has 1 aromatic heterocycles. The van der Waals surface area contributed by atoms with Crippen LogP contribution in [0.25, 0.3) is 0 Å². The van der Waals surface area contributed by atoms with Crippen molar-refractivity contribution in [3.63, 3.8) is 0 Å². The Kier molecular flexibility index (Phi) is 3.27. The van der Waals surface area contributed by atoms with Gasteiger partial charge in [-0.3, -0.25) is 14.5 Å². The number of pyridine rings is 1. The Hall–Kier alpha value is -1.42. The third-order valence-electron chi connectivity index (χ3n) is 4.00. The monoisotopic (exact) mass is 278 g/mol. The number of hydrogen-bond acceptors (Lipinski definition) is 3. The predicted octanol–water partition coefficient (Wildman–Crippen LogP) is 2.41. The molecule has 1 saturated heterocycles. The van der Waals surface area contributed by atoms with Gasteiger partial charge >= 0.3 is 0 Å². The number of likely N-dealkylation sites (tertiary alicyclic amines) is 1. The van der Waals surface area contributed by atoms with E-state index in [0.29, 0.717) is 10.8 Å². The zero-order valence-electron chi connectivity index (χ0n) is 10.5. The molecule has 1 aliphatic heterocycles. The number of rotatable bonds is 2. The van der Waals surface area contributed by atoms with Crippen molar-refractivity contribution in [3.8, 4) is 0 Å². The highest BCUT2D eigenvalue weighted by molar-refractivity contribution is 6.29. The summed E-state index contributed by atoms with van der Waals surface area (Å²) < 4.78 is 0. The van der Waals surface area contributed by atoms with Gasteiger partial charge in [0.2, 0.25) is 11.8 Å². The number of amides is 2. The van der Waals surface area contributed by atoms with Gasteiger partial charge in [-0.2, -0.15) is 0 Å². The summed E-state index contributed by atoms with van der Waals surface area (Å²) >= 11 is 5.83. The predicted molar refractivity (Wildman–Crippen MR) is 70.3 cm³/mol. The SMILES string of the molecule is O=C1C2CCCC(C2)C(=O)N1Cc1cccc(Cl)n1. The molecule has 2 amide bonds. The minimum Gasteiger partial charge on any atom is -0.276 e. The van der Waals surface area contributed by atoms with Crippen molar-refractivity contribution in [2.75, 3.05) is 0 Å². The molecule has 2 fully saturated rings. The average molecular weight is 279 g/mol. The molecule has 0 N–H and O–H groups in total. The quantitative estimate of drug-likeness (QED) is 0.617. The van der Waals surface area contributed by atoms with E-state index in [4.69, 9.17) is 11.6 Å². The summed E-state index contributed by atoms with van der Waals surface area (Å²) in [7, 11) is 0. The van der Waals surface area contributed by atoms with Crippen LogP contribution in [0.2, 0.25) is 5.15 Å². The number of carbonyl (C=O) groups excluding carboxylic acids is 2. The second-order valence-electron chi connectivity index (χ2n) is 5.27. The number of hydrogen-bond donors (Lipinski definition) is 0. The van der Waals surface area contributed by atoms with Crippen molar-refractivity contribution in [2.45, 2.75) is 32.2 Å². The lowest BCUT2D eigenvalue weighted by Gasteiger charge is -2.38. The lowest BCUT2D eigenvalue weighted by atomic mass is 9.77. The summed E-state index contributed by atoms with van der Waals surface area (Å²) in [5, 5.41) is 0.384. The summed E-state index contributed by atoms with van der Waals surface area (Å²) in [5.74, 6) is -0.0308. The number of halogens is 1. The van der Waals surface area contributed by atoms with Crippen molar-refractivity contribution in [1.29, 1.82) is 0 Å². The number of aromatic nitrogens is 1. The molecule has 1 aliphatic carbocycles. The lowest BCUT2D eigenvalue weighted by Crippen LogP contribution is -2.50. The van der Waals surface area contributed by atoms with E-state index in [9.17, 15) is 9.59 Å². The highest BCUT2D eigenvalue weighted by Crippen LogP contribution is 2.36. The minimum absolute atomic E-state index is 0.0237. The Morgan fingerprint density at radius 1 is 1.21 bits per heavy atom. The Bertz CT molecular complexity index is 510. The summed E-state index contributed by atoms with van der Waals surface area (Å²) in [5.41, 5.74) is 0.661. The topological polar surface area (TPSA) is 50.3 Å². The molecule has 0 spiro atoms. The van der Waals surface area contributed by atoms with E-state index < -0.39 is 0 Å². The normalized spacial score (nSPS) is 26.7. The van der Waals surface area contributed by atoms with Crippen LogP contribution in [0.4, 0.5) is 0 Å². The van der Waals surface area contributed by atoms with Gasteiger partial charge in [-0.15, -0.1) is 0 Å². The Morgan fingerprint density at radius 3 is 2.53 bits per heavy atom. The molecule has 2 unspecified atom stereocenters. The third-order valence-corrected chi connectivity index (χ3v) is 4.21. The molecule has 100 valence electrons. The second-order valence-corrected chi connectivity index (χ2v) is 5.66. The molecule has 3 rings (SSSR count). The largest absolute Gasteiger partial charge is 0.276 e. The number of piperidine rings is 1. The molecule has 0 aromatic carbocycles. The van der Waals surface area contributed by atoms with E-state index in [1.165, 1.54) is 4.90 Å². The molecule has 0 radical (unpaired) electrons. The van der Waals surface area contributed by atoms with Crippen molar-refractivity contribution in [1.82, 2.24) is 9.88 Å². The summed E-state index contributed by atoms with van der Waals surface area (Å²) in [6.07, 6.45) is 3.53. The van der Waals surface area contributed by atoms with Gasteiger partial charge in [0.15, 0.2) is 0 Å². The Morgan fingerprint density at radius 2 is 1.89 bits per heavy atom. The zero-order valence-corrected chi connectivity index (χ0v) is 11.3. The van der Waals surface area contributed by atoms with Crippen LogP contribution in [-0.4, -0.2) is 21.7 Å². The molecular formula is C14H15ClN2O2. The summed E-state index contributed by atoms with van der Waals surface area (Å²) in [6.45, 7) is 0.241. The molecule has 4 nitrogen and oxygen atoms in total. The molecule has 1 aromatic rings. The maximum absolute atomic E-state index is 12.3. The first-order valence-corrected chi connectivity index (χ1v) is 6.99. The van der Waals surface area contributed by atoms with Crippen LogP contribution in [0, 0.1) is 11.8 Å². The van der Waals surface area contributed by atoms with E-state index in [-0.39, 0.29) is 30.2 Å². The van der Waals surface area contributed by atoms with E-state index in [1.807, 2.05) is 0 Å². The van der Waals surface area contributed by atoms with Gasteiger partial charge in [0.05, 0.1) is 12.2 Å². The number of imide groups is 1. The standard InChI is InChI=1S/C14H15ClN2O2/c15-12-6-2-5-11(16-12)8-17-13(18)9-3-1-4-10(7-9)14(17)19/h2,5-6,9-10H,1,3-4,7-8H2. The Labute approximate surface area is 116 Å². The Balaban J connectivity index is 1.83. The van der Waals surface area contributed by atoms with Gasteiger partial charge in [-0.1, -0.05) is 24.1 Å². The fraction of sp³-hybridized carbons (Fsp3) is 0.500. The number of fused-ring (bicyclic) bond motifs is 2.